The molecule has 1 aromatic carbocycles. The monoisotopic (exact) mass is 432 g/mol. The standard InChI is InChI=1S/C17H25BrN2O4S/c1-17(2,3)24-16(21)20-10-4-5-15(11-20)19-25(22,23)12-13-6-8-14(18)9-7-13/h6-9,15,19H,4-5,10-12H2,1-3H3/t15-/m1/s1. The molecule has 1 fully saturated rings. The number of nitrogens with zero attached hydrogens (tertiary/aromatic N) is 1. The van der Waals surface area contributed by atoms with E-state index in [4.69, 9.17) is 4.74 Å². The highest BCUT2D eigenvalue weighted by Gasteiger charge is 2.29. The molecule has 1 N–H and O–H groups in total. The number of nitrogens with one attached hydrogen (secondary N) is 1. The molecule has 0 aliphatic carbocycles. The number of piperidine rings is 1. The molecule has 2 rings (SSSR count). The van der Waals surface area contributed by atoms with Crippen molar-refractivity contribution in [2.75, 3.05) is 13.1 Å². The smallest absolute Gasteiger partial charge is 0.410 e. The van der Waals surface area contributed by atoms with Crippen molar-refractivity contribution in [3.63, 3.8) is 0 Å². The van der Waals surface area contributed by atoms with E-state index in [1.54, 1.807) is 17.0 Å². The maximum atomic E-state index is 12.4. The van der Waals surface area contributed by atoms with Gasteiger partial charge in [0.1, 0.15) is 5.60 Å². The Bertz CT molecular complexity index is 698. The fourth-order valence-electron chi connectivity index (χ4n) is 2.66. The molecule has 8 heteroatoms. The molecule has 25 heavy (non-hydrogen) atoms. The van der Waals surface area contributed by atoms with E-state index in [2.05, 4.69) is 20.7 Å². The van der Waals surface area contributed by atoms with Crippen LogP contribution in [0.4, 0.5) is 4.79 Å². The second-order valence-electron chi connectivity index (χ2n) is 7.27. The molecule has 140 valence electrons. The predicted octanol–water partition coefficient (Wildman–Crippen LogP) is 3.27. The summed E-state index contributed by atoms with van der Waals surface area (Å²) in [6.45, 7) is 6.35. The van der Waals surface area contributed by atoms with E-state index in [1.807, 2.05) is 32.9 Å². The molecule has 1 saturated heterocycles. The Morgan fingerprint density at radius 3 is 2.56 bits per heavy atom. The van der Waals surface area contributed by atoms with Gasteiger partial charge in [0.05, 0.1) is 5.75 Å². The second-order valence-corrected chi connectivity index (χ2v) is 9.94. The van der Waals surface area contributed by atoms with Gasteiger partial charge in [-0.2, -0.15) is 0 Å². The zero-order valence-corrected chi connectivity index (χ0v) is 17.2. The Kier molecular flexibility index (Phi) is 6.51. The topological polar surface area (TPSA) is 75.7 Å². The van der Waals surface area contributed by atoms with Crippen molar-refractivity contribution in [2.45, 2.75) is 51.0 Å². The second kappa shape index (κ2) is 8.05. The van der Waals surface area contributed by atoms with Crippen LogP contribution < -0.4 is 4.72 Å². The Hall–Kier alpha value is -1.12. The van der Waals surface area contributed by atoms with Crippen molar-refractivity contribution < 1.29 is 17.9 Å². The molecule has 0 bridgehead atoms. The molecule has 1 amide bonds. The van der Waals surface area contributed by atoms with Gasteiger partial charge in [-0.1, -0.05) is 28.1 Å². The first-order chi connectivity index (χ1) is 11.5. The Morgan fingerprint density at radius 2 is 1.96 bits per heavy atom. The molecular formula is C17H25BrN2O4S. The van der Waals surface area contributed by atoms with Gasteiger partial charge in [0.15, 0.2) is 0 Å². The SMILES string of the molecule is CC(C)(C)OC(=O)N1CCC[C@@H](NS(=O)(=O)Cc2ccc(Br)cc2)C1. The van der Waals surface area contributed by atoms with Crippen LogP contribution in [0.2, 0.25) is 0 Å². The lowest BCUT2D eigenvalue weighted by molar-refractivity contribution is 0.0195. The number of sulfonamides is 1. The summed E-state index contributed by atoms with van der Waals surface area (Å²) in [6.07, 6.45) is 1.05. The van der Waals surface area contributed by atoms with Gasteiger partial charge in [-0.3, -0.25) is 0 Å². The van der Waals surface area contributed by atoms with Crippen LogP contribution in [0, 0.1) is 0 Å². The Balaban J connectivity index is 1.94. The van der Waals surface area contributed by atoms with Gasteiger partial charge in [0.25, 0.3) is 0 Å². The normalized spacial score (nSPS) is 18.9. The van der Waals surface area contributed by atoms with Crippen molar-refractivity contribution in [2.24, 2.45) is 0 Å². The van der Waals surface area contributed by atoms with Crippen molar-refractivity contribution in [3.8, 4) is 0 Å². The zero-order valence-electron chi connectivity index (χ0n) is 14.8. The number of benzene rings is 1. The van der Waals surface area contributed by atoms with E-state index >= 15 is 0 Å². The lowest BCUT2D eigenvalue weighted by Crippen LogP contribution is -2.50. The van der Waals surface area contributed by atoms with E-state index in [9.17, 15) is 13.2 Å². The molecule has 0 spiro atoms. The molecule has 6 nitrogen and oxygen atoms in total. The molecule has 0 saturated carbocycles. The number of hydrogen-bond acceptors (Lipinski definition) is 4. The summed E-state index contributed by atoms with van der Waals surface area (Å²) < 4.78 is 33.8. The summed E-state index contributed by atoms with van der Waals surface area (Å²) in [5.74, 6) is -0.0801. The number of hydrogen-bond donors (Lipinski definition) is 1. The highest BCUT2D eigenvalue weighted by atomic mass is 79.9. The molecule has 0 radical (unpaired) electrons. The Labute approximate surface area is 158 Å². The summed E-state index contributed by atoms with van der Waals surface area (Å²) in [6, 6.07) is 6.89. The zero-order chi connectivity index (χ0) is 18.7. The number of rotatable bonds is 4. The molecule has 0 unspecified atom stereocenters. The van der Waals surface area contributed by atoms with Gasteiger partial charge in [-0.15, -0.1) is 0 Å². The summed E-state index contributed by atoms with van der Waals surface area (Å²) in [5.41, 5.74) is 0.154. The minimum Gasteiger partial charge on any atom is -0.444 e. The number of halogens is 1. The van der Waals surface area contributed by atoms with E-state index in [0.717, 1.165) is 16.5 Å². The van der Waals surface area contributed by atoms with Crippen LogP contribution in [0.25, 0.3) is 0 Å². The number of ether oxygens (including phenoxy) is 1. The van der Waals surface area contributed by atoms with E-state index < -0.39 is 21.7 Å². The minimum absolute atomic E-state index is 0.0801. The van der Waals surface area contributed by atoms with Crippen LogP contribution in [-0.4, -0.2) is 44.1 Å². The van der Waals surface area contributed by atoms with Gasteiger partial charge < -0.3 is 9.64 Å². The largest absolute Gasteiger partial charge is 0.444 e. The highest BCUT2D eigenvalue weighted by molar-refractivity contribution is 9.10. The first-order valence-corrected chi connectivity index (χ1v) is 10.7. The molecule has 1 aliphatic heterocycles. The maximum Gasteiger partial charge on any atom is 0.410 e. The van der Waals surface area contributed by atoms with E-state index in [0.29, 0.717) is 19.5 Å². The fraction of sp³-hybridized carbons (Fsp3) is 0.588. The summed E-state index contributed by atoms with van der Waals surface area (Å²) in [4.78, 5) is 13.7. The molecule has 1 aliphatic rings. The van der Waals surface area contributed by atoms with Crippen molar-refractivity contribution >= 4 is 32.0 Å². The van der Waals surface area contributed by atoms with Gasteiger partial charge >= 0.3 is 6.09 Å². The summed E-state index contributed by atoms with van der Waals surface area (Å²) in [7, 11) is -3.48. The molecule has 0 aromatic heterocycles. The number of carbonyl (C=O) groups is 1. The first-order valence-electron chi connectivity index (χ1n) is 8.26. The minimum atomic E-state index is -3.48. The van der Waals surface area contributed by atoms with Crippen LogP contribution in [0.3, 0.4) is 0 Å². The van der Waals surface area contributed by atoms with Crippen LogP contribution >= 0.6 is 15.9 Å². The van der Waals surface area contributed by atoms with Crippen LogP contribution in [0.5, 0.6) is 0 Å². The third-order valence-electron chi connectivity index (χ3n) is 3.69. The van der Waals surface area contributed by atoms with Crippen molar-refractivity contribution in [1.82, 2.24) is 9.62 Å². The number of amides is 1. The van der Waals surface area contributed by atoms with Crippen LogP contribution in [0.1, 0.15) is 39.2 Å². The summed E-state index contributed by atoms with van der Waals surface area (Å²) in [5, 5.41) is 0. The third kappa shape index (κ3) is 6.95. The quantitative estimate of drug-likeness (QED) is 0.791. The van der Waals surface area contributed by atoms with Gasteiger partial charge in [0.2, 0.25) is 10.0 Å². The lowest BCUT2D eigenvalue weighted by Gasteiger charge is -2.34. The summed E-state index contributed by atoms with van der Waals surface area (Å²) >= 11 is 3.33. The highest BCUT2D eigenvalue weighted by Crippen LogP contribution is 2.17. The van der Waals surface area contributed by atoms with Gasteiger partial charge in [-0.25, -0.2) is 17.9 Å². The predicted molar refractivity (Wildman–Crippen MR) is 101 cm³/mol. The molecule has 1 heterocycles. The average molecular weight is 433 g/mol. The van der Waals surface area contributed by atoms with Crippen LogP contribution in [0.15, 0.2) is 28.7 Å². The fourth-order valence-corrected chi connectivity index (χ4v) is 4.34. The molecular weight excluding hydrogens is 408 g/mol. The average Bonchev–Trinajstić information content (AvgIpc) is 2.47. The number of carbonyl (C=O) groups excluding carboxylic acids is 1. The van der Waals surface area contributed by atoms with E-state index in [1.165, 1.54) is 0 Å². The van der Waals surface area contributed by atoms with Gasteiger partial charge in [-0.05, 0) is 51.3 Å². The molecule has 1 atom stereocenters. The van der Waals surface area contributed by atoms with Crippen molar-refractivity contribution in [3.05, 3.63) is 34.3 Å². The van der Waals surface area contributed by atoms with Crippen molar-refractivity contribution in [1.29, 1.82) is 0 Å². The Morgan fingerprint density at radius 1 is 1.32 bits per heavy atom. The molecule has 1 aromatic rings. The maximum absolute atomic E-state index is 12.4. The van der Waals surface area contributed by atoms with Gasteiger partial charge in [0, 0.05) is 23.6 Å². The van der Waals surface area contributed by atoms with E-state index in [-0.39, 0.29) is 11.8 Å². The first kappa shape index (κ1) is 20.2. The van der Waals surface area contributed by atoms with Crippen LogP contribution in [-0.2, 0) is 20.5 Å². The third-order valence-corrected chi connectivity index (χ3v) is 5.62. The lowest BCUT2D eigenvalue weighted by atomic mass is 10.1. The number of likely N-dealkylation sites (tertiary alicyclic amines) is 1.